The Morgan fingerprint density at radius 1 is 1.38 bits per heavy atom. The number of carbonyl (C=O) groups is 2. The van der Waals surface area contributed by atoms with E-state index in [-0.39, 0.29) is 23.1 Å². The first-order chi connectivity index (χ1) is 11.8. The monoisotopic (exact) mass is 383 g/mol. The molecule has 0 bridgehead atoms. The van der Waals surface area contributed by atoms with Gasteiger partial charge in [-0.1, -0.05) is 20.8 Å². The summed E-state index contributed by atoms with van der Waals surface area (Å²) in [4.78, 5) is 27.5. The number of ether oxygens (including phenoxy) is 3. The second kappa shape index (κ2) is 6.69. The van der Waals surface area contributed by atoms with Crippen LogP contribution >= 0.6 is 0 Å². The van der Waals surface area contributed by atoms with E-state index < -0.39 is 38.1 Å². The predicted molar refractivity (Wildman–Crippen MR) is 94.2 cm³/mol. The Bertz CT molecular complexity index is 703. The quantitative estimate of drug-likeness (QED) is 0.236. The van der Waals surface area contributed by atoms with Crippen molar-refractivity contribution >= 4 is 20.1 Å². The molecule has 0 spiro atoms. The maximum atomic E-state index is 12.7. The molecule has 0 amide bonds. The minimum absolute atomic E-state index is 0.0229. The van der Waals surface area contributed by atoms with Gasteiger partial charge in [-0.2, -0.15) is 0 Å². The summed E-state index contributed by atoms with van der Waals surface area (Å²) in [5, 5.41) is 3.26. The number of azide groups is 1. The first-order valence-corrected chi connectivity index (χ1v) is 11.2. The van der Waals surface area contributed by atoms with Crippen molar-refractivity contribution in [3.8, 4) is 0 Å². The van der Waals surface area contributed by atoms with Crippen LogP contribution in [0.3, 0.4) is 0 Å². The molecule has 2 atom stereocenters. The number of ketones is 1. The van der Waals surface area contributed by atoms with Crippen molar-refractivity contribution in [2.24, 2.45) is 5.11 Å². The maximum Gasteiger partial charge on any atom is 0.344 e. The molecule has 0 unspecified atom stereocenters. The van der Waals surface area contributed by atoms with Crippen LogP contribution in [0.5, 0.6) is 0 Å². The zero-order chi connectivity index (χ0) is 19.9. The van der Waals surface area contributed by atoms with E-state index in [1.165, 1.54) is 0 Å². The third kappa shape index (κ3) is 3.93. The number of nitrogens with zero attached hydrogens (tertiary/aromatic N) is 3. The summed E-state index contributed by atoms with van der Waals surface area (Å²) in [5.74, 6) is -2.40. The number of rotatable bonds is 5. The van der Waals surface area contributed by atoms with Crippen LogP contribution in [0.2, 0.25) is 18.1 Å². The Morgan fingerprint density at radius 3 is 2.54 bits per heavy atom. The molecule has 1 saturated heterocycles. The number of carbonyl (C=O) groups excluding carboxylic acids is 2. The highest BCUT2D eigenvalue weighted by molar-refractivity contribution is 6.74. The molecule has 9 nitrogen and oxygen atoms in total. The van der Waals surface area contributed by atoms with Crippen molar-refractivity contribution in [3.63, 3.8) is 0 Å². The van der Waals surface area contributed by atoms with Crippen molar-refractivity contribution in [1.29, 1.82) is 0 Å². The molecule has 0 aromatic heterocycles. The Hall–Kier alpha value is -1.87. The lowest BCUT2D eigenvalue weighted by molar-refractivity contribution is -0.172. The standard InChI is InChI=1S/C16H25N3O6Si/c1-15(2,3)26(6,7)22-8-9(20)11-13-12(24-16(4,5)25-13)10(18-19-17)14(21)23-11/h11,13H,8H2,1-7H3/t11-,13-/m1/s1. The third-order valence-corrected chi connectivity index (χ3v) is 9.28. The molecule has 10 heteroatoms. The van der Waals surface area contributed by atoms with Crippen LogP contribution in [0.4, 0.5) is 0 Å². The van der Waals surface area contributed by atoms with Crippen molar-refractivity contribution < 1.29 is 28.2 Å². The molecule has 0 aliphatic carbocycles. The van der Waals surface area contributed by atoms with E-state index in [0.717, 1.165) is 0 Å². The fourth-order valence-electron chi connectivity index (χ4n) is 2.34. The highest BCUT2D eigenvalue weighted by Crippen LogP contribution is 2.40. The zero-order valence-corrected chi connectivity index (χ0v) is 17.2. The number of fused-ring (bicyclic) bond motifs is 1. The third-order valence-electron chi connectivity index (χ3n) is 4.80. The molecule has 0 radical (unpaired) electrons. The van der Waals surface area contributed by atoms with Gasteiger partial charge in [0.15, 0.2) is 32.0 Å². The summed E-state index contributed by atoms with van der Waals surface area (Å²) >= 11 is 0. The van der Waals surface area contributed by atoms with Crippen molar-refractivity contribution in [2.45, 2.75) is 70.7 Å². The average Bonchev–Trinajstić information content (AvgIpc) is 2.81. The molecular weight excluding hydrogens is 358 g/mol. The molecule has 2 aliphatic heterocycles. The van der Waals surface area contributed by atoms with Crippen LogP contribution in [-0.2, 0) is 28.2 Å². The van der Waals surface area contributed by atoms with E-state index in [0.29, 0.717) is 0 Å². The van der Waals surface area contributed by atoms with E-state index in [4.69, 9.17) is 24.2 Å². The van der Waals surface area contributed by atoms with Gasteiger partial charge in [0.25, 0.3) is 0 Å². The van der Waals surface area contributed by atoms with Crippen molar-refractivity contribution in [1.82, 2.24) is 0 Å². The Balaban J connectivity index is 2.24. The van der Waals surface area contributed by atoms with Crippen molar-refractivity contribution in [2.75, 3.05) is 6.61 Å². The molecule has 1 fully saturated rings. The van der Waals surface area contributed by atoms with Crippen LogP contribution in [0.15, 0.2) is 16.6 Å². The van der Waals surface area contributed by atoms with Gasteiger partial charge in [-0.25, -0.2) is 4.79 Å². The number of Topliss-reactive ketones (excluding diaryl/α,β-unsaturated/α-hetero) is 1. The van der Waals surface area contributed by atoms with Crippen LogP contribution in [0.1, 0.15) is 34.6 Å². The van der Waals surface area contributed by atoms with Gasteiger partial charge < -0.3 is 18.6 Å². The molecule has 2 aliphatic rings. The lowest BCUT2D eigenvalue weighted by atomic mass is 10.0. The molecular formula is C16H25N3O6Si. The van der Waals surface area contributed by atoms with Gasteiger partial charge in [0.05, 0.1) is 6.61 Å². The van der Waals surface area contributed by atoms with E-state index >= 15 is 0 Å². The molecule has 0 aromatic rings. The highest BCUT2D eigenvalue weighted by Gasteiger charge is 2.52. The summed E-state index contributed by atoms with van der Waals surface area (Å²) in [5.41, 5.74) is 8.33. The number of cyclic esters (lactones) is 1. The van der Waals surface area contributed by atoms with E-state index in [2.05, 4.69) is 30.8 Å². The van der Waals surface area contributed by atoms with Gasteiger partial charge in [0.1, 0.15) is 0 Å². The van der Waals surface area contributed by atoms with Crippen LogP contribution in [0, 0.1) is 0 Å². The molecule has 144 valence electrons. The largest absolute Gasteiger partial charge is 0.464 e. The smallest absolute Gasteiger partial charge is 0.344 e. The van der Waals surface area contributed by atoms with E-state index in [1.807, 2.05) is 13.1 Å². The van der Waals surface area contributed by atoms with Crippen LogP contribution in [-0.4, -0.2) is 44.7 Å². The molecule has 0 N–H and O–H groups in total. The SMILES string of the molecule is CC1(C)OC2=C(N=[N+]=[N-])C(=O)O[C@H](C(=O)CO[Si](C)(C)C(C)(C)C)[C@H]2O1. The Morgan fingerprint density at radius 2 is 2.00 bits per heavy atom. The van der Waals surface area contributed by atoms with Crippen LogP contribution in [0.25, 0.3) is 10.4 Å². The molecule has 0 saturated carbocycles. The number of esters is 1. The van der Waals surface area contributed by atoms with Gasteiger partial charge in [0, 0.05) is 18.8 Å². The summed E-state index contributed by atoms with van der Waals surface area (Å²) in [6.45, 7) is 13.3. The zero-order valence-electron chi connectivity index (χ0n) is 16.2. The second-order valence-electron chi connectivity index (χ2n) is 8.28. The highest BCUT2D eigenvalue weighted by atomic mass is 28.4. The summed E-state index contributed by atoms with van der Waals surface area (Å²) < 4.78 is 22.4. The molecule has 2 rings (SSSR count). The van der Waals surface area contributed by atoms with Gasteiger partial charge in [-0.15, -0.1) is 0 Å². The van der Waals surface area contributed by atoms with Gasteiger partial charge in [-0.3, -0.25) is 4.79 Å². The number of hydrogen-bond acceptors (Lipinski definition) is 7. The maximum absolute atomic E-state index is 12.7. The lowest BCUT2D eigenvalue weighted by Gasteiger charge is -2.36. The Kier molecular flexibility index (Phi) is 5.26. The number of hydrogen-bond donors (Lipinski definition) is 0. The Labute approximate surface area is 153 Å². The minimum atomic E-state index is -2.15. The minimum Gasteiger partial charge on any atom is -0.464 e. The lowest BCUT2D eigenvalue weighted by Crippen LogP contribution is -2.48. The first kappa shape index (κ1) is 20.4. The normalized spacial score (nSPS) is 25.1. The van der Waals surface area contributed by atoms with Crippen LogP contribution < -0.4 is 0 Å². The summed E-state index contributed by atoms with van der Waals surface area (Å²) in [6, 6.07) is 0. The van der Waals surface area contributed by atoms with Gasteiger partial charge in [-0.05, 0) is 28.8 Å². The average molecular weight is 383 g/mol. The first-order valence-electron chi connectivity index (χ1n) is 8.33. The molecule has 2 heterocycles. The van der Waals surface area contributed by atoms with Gasteiger partial charge in [0.2, 0.25) is 11.6 Å². The van der Waals surface area contributed by atoms with Gasteiger partial charge >= 0.3 is 5.97 Å². The molecule has 0 aromatic carbocycles. The molecule has 26 heavy (non-hydrogen) atoms. The fourth-order valence-corrected chi connectivity index (χ4v) is 3.28. The predicted octanol–water partition coefficient (Wildman–Crippen LogP) is 3.18. The van der Waals surface area contributed by atoms with E-state index in [1.54, 1.807) is 13.8 Å². The van der Waals surface area contributed by atoms with E-state index in [9.17, 15) is 9.59 Å². The summed E-state index contributed by atoms with van der Waals surface area (Å²) in [7, 11) is -2.15. The summed E-state index contributed by atoms with van der Waals surface area (Å²) in [6.07, 6.45) is -2.17. The van der Waals surface area contributed by atoms with Crippen molar-refractivity contribution in [3.05, 3.63) is 21.9 Å². The topological polar surface area (TPSA) is 120 Å². The second-order valence-corrected chi connectivity index (χ2v) is 13.1. The fraction of sp³-hybridized carbons (Fsp3) is 0.750.